The van der Waals surface area contributed by atoms with E-state index >= 15 is 0 Å². The van der Waals surface area contributed by atoms with Gasteiger partial charge in [0.05, 0.1) is 0 Å². The van der Waals surface area contributed by atoms with Crippen LogP contribution in [0.25, 0.3) is 0 Å². The molecule has 3 unspecified atom stereocenters. The predicted molar refractivity (Wildman–Crippen MR) is 80.6 cm³/mol. The number of hydrogen-bond acceptors (Lipinski definition) is 3. The quantitative estimate of drug-likeness (QED) is 0.852. The van der Waals surface area contributed by atoms with Crippen LogP contribution in [0.5, 0.6) is 0 Å². The summed E-state index contributed by atoms with van der Waals surface area (Å²) in [6.45, 7) is 6.64. The van der Waals surface area contributed by atoms with Crippen molar-refractivity contribution in [1.29, 1.82) is 0 Å². The van der Waals surface area contributed by atoms with Crippen LogP contribution in [0.2, 0.25) is 0 Å². The minimum Gasteiger partial charge on any atom is -0.337 e. The molecule has 4 heteroatoms. The molecule has 114 valence electrons. The van der Waals surface area contributed by atoms with Crippen LogP contribution in [-0.2, 0) is 4.79 Å². The first-order valence-electron chi connectivity index (χ1n) is 8.51. The third-order valence-corrected chi connectivity index (χ3v) is 5.38. The monoisotopic (exact) mass is 279 g/mol. The highest BCUT2D eigenvalue weighted by atomic mass is 16.2. The molecule has 0 spiro atoms. The minimum atomic E-state index is 0.386. The lowest BCUT2D eigenvalue weighted by molar-refractivity contribution is -0.138. The van der Waals surface area contributed by atoms with Crippen molar-refractivity contribution in [3.8, 4) is 0 Å². The van der Waals surface area contributed by atoms with Gasteiger partial charge in [-0.15, -0.1) is 0 Å². The Morgan fingerprint density at radius 3 is 2.90 bits per heavy atom. The lowest BCUT2D eigenvalue weighted by Crippen LogP contribution is -2.60. The molecule has 3 rings (SSSR count). The summed E-state index contributed by atoms with van der Waals surface area (Å²) in [6, 6.07) is 1.62. The van der Waals surface area contributed by atoms with E-state index in [-0.39, 0.29) is 0 Å². The highest BCUT2D eigenvalue weighted by Gasteiger charge is 2.35. The van der Waals surface area contributed by atoms with Gasteiger partial charge in [0.15, 0.2) is 0 Å². The molecule has 0 aliphatic carbocycles. The van der Waals surface area contributed by atoms with Crippen LogP contribution in [0.15, 0.2) is 0 Å². The summed E-state index contributed by atoms with van der Waals surface area (Å²) in [6.07, 6.45) is 8.23. The second kappa shape index (κ2) is 6.44. The predicted octanol–water partition coefficient (Wildman–Crippen LogP) is 1.60. The first kappa shape index (κ1) is 14.3. The van der Waals surface area contributed by atoms with Gasteiger partial charge in [0, 0.05) is 37.6 Å². The number of hydrogen-bond donors (Lipinski definition) is 1. The molecule has 0 saturated carbocycles. The number of amides is 1. The van der Waals surface area contributed by atoms with Crippen molar-refractivity contribution >= 4 is 5.91 Å². The number of nitrogens with one attached hydrogen (secondary N) is 1. The Balaban J connectivity index is 1.51. The Hall–Kier alpha value is -0.610. The molecule has 1 N–H and O–H groups in total. The van der Waals surface area contributed by atoms with Crippen LogP contribution in [0, 0.1) is 0 Å². The molecule has 3 aliphatic rings. The Labute approximate surface area is 122 Å². The van der Waals surface area contributed by atoms with E-state index in [2.05, 4.69) is 22.0 Å². The number of carbonyl (C=O) groups is 1. The summed E-state index contributed by atoms with van der Waals surface area (Å²) in [5.41, 5.74) is 0. The maximum Gasteiger partial charge on any atom is 0.222 e. The van der Waals surface area contributed by atoms with Gasteiger partial charge in [0.25, 0.3) is 0 Å². The van der Waals surface area contributed by atoms with E-state index in [0.29, 0.717) is 24.0 Å². The number of fused-ring (bicyclic) bond motifs is 1. The van der Waals surface area contributed by atoms with Gasteiger partial charge >= 0.3 is 0 Å². The Bertz CT molecular complexity index is 341. The van der Waals surface area contributed by atoms with Crippen molar-refractivity contribution in [3.63, 3.8) is 0 Å². The summed E-state index contributed by atoms with van der Waals surface area (Å²) < 4.78 is 0. The number of nitrogens with zero attached hydrogens (tertiary/aromatic N) is 2. The molecule has 0 bridgehead atoms. The fraction of sp³-hybridized carbons (Fsp3) is 0.938. The molecule has 0 radical (unpaired) electrons. The molecule has 20 heavy (non-hydrogen) atoms. The highest BCUT2D eigenvalue weighted by molar-refractivity contribution is 5.76. The number of rotatable bonds is 3. The van der Waals surface area contributed by atoms with Crippen molar-refractivity contribution in [2.45, 2.75) is 70.0 Å². The zero-order valence-corrected chi connectivity index (χ0v) is 12.8. The lowest BCUT2D eigenvalue weighted by atomic mass is 9.96. The van der Waals surface area contributed by atoms with Crippen molar-refractivity contribution in [1.82, 2.24) is 15.1 Å². The normalized spacial score (nSPS) is 35.0. The van der Waals surface area contributed by atoms with Gasteiger partial charge in [-0.2, -0.15) is 0 Å². The second-order valence-corrected chi connectivity index (χ2v) is 6.87. The number of carbonyl (C=O) groups excluding carboxylic acids is 1. The molecule has 4 nitrogen and oxygen atoms in total. The third kappa shape index (κ3) is 3.17. The van der Waals surface area contributed by atoms with Crippen molar-refractivity contribution in [2.24, 2.45) is 0 Å². The number of piperazine rings is 1. The first-order valence-corrected chi connectivity index (χ1v) is 8.51. The van der Waals surface area contributed by atoms with Crippen molar-refractivity contribution < 1.29 is 4.79 Å². The highest BCUT2D eigenvalue weighted by Crippen LogP contribution is 2.25. The standard InChI is InChI=1S/C16H29N3O/c1-13-11-18-10-3-2-6-15(18)12-19(13)16(20)8-7-14-5-4-9-17-14/h13-15,17H,2-12H2,1H3. The van der Waals surface area contributed by atoms with Crippen LogP contribution in [0.3, 0.4) is 0 Å². The van der Waals surface area contributed by atoms with Gasteiger partial charge in [0.2, 0.25) is 5.91 Å². The van der Waals surface area contributed by atoms with E-state index in [9.17, 15) is 4.79 Å². The maximum absolute atomic E-state index is 12.5. The molecule has 3 fully saturated rings. The molecule has 3 heterocycles. The zero-order chi connectivity index (χ0) is 13.9. The smallest absolute Gasteiger partial charge is 0.222 e. The summed E-state index contributed by atoms with van der Waals surface area (Å²) in [7, 11) is 0. The Kier molecular flexibility index (Phi) is 4.61. The van der Waals surface area contributed by atoms with Crippen LogP contribution in [0.1, 0.15) is 51.9 Å². The SMILES string of the molecule is CC1CN2CCCCC2CN1C(=O)CCC1CCCN1. The molecular weight excluding hydrogens is 250 g/mol. The molecule has 0 aromatic rings. The van der Waals surface area contributed by atoms with Crippen molar-refractivity contribution in [3.05, 3.63) is 0 Å². The van der Waals surface area contributed by atoms with E-state index in [4.69, 9.17) is 0 Å². The molecule has 3 aliphatic heterocycles. The summed E-state index contributed by atoms with van der Waals surface area (Å²) >= 11 is 0. The van der Waals surface area contributed by atoms with E-state index < -0.39 is 0 Å². The summed E-state index contributed by atoms with van der Waals surface area (Å²) in [5, 5.41) is 3.49. The van der Waals surface area contributed by atoms with E-state index in [1.807, 2.05) is 0 Å². The molecule has 3 saturated heterocycles. The molecule has 3 atom stereocenters. The zero-order valence-electron chi connectivity index (χ0n) is 12.8. The van der Waals surface area contributed by atoms with Gasteiger partial charge in [-0.1, -0.05) is 6.42 Å². The van der Waals surface area contributed by atoms with Crippen LogP contribution in [-0.4, -0.2) is 60.0 Å². The van der Waals surface area contributed by atoms with E-state index in [1.54, 1.807) is 0 Å². The van der Waals surface area contributed by atoms with Gasteiger partial charge in [-0.25, -0.2) is 0 Å². The topological polar surface area (TPSA) is 35.6 Å². The molecule has 0 aromatic heterocycles. The summed E-state index contributed by atoms with van der Waals surface area (Å²) in [4.78, 5) is 17.3. The minimum absolute atomic E-state index is 0.386. The van der Waals surface area contributed by atoms with E-state index in [1.165, 1.54) is 38.6 Å². The van der Waals surface area contributed by atoms with Crippen LogP contribution >= 0.6 is 0 Å². The van der Waals surface area contributed by atoms with Crippen LogP contribution in [0.4, 0.5) is 0 Å². The molecule has 0 aromatic carbocycles. The fourth-order valence-electron chi connectivity index (χ4n) is 4.14. The van der Waals surface area contributed by atoms with Gasteiger partial charge in [-0.3, -0.25) is 9.69 Å². The van der Waals surface area contributed by atoms with Crippen LogP contribution < -0.4 is 5.32 Å². The van der Waals surface area contributed by atoms with Gasteiger partial charge in [-0.05, 0) is 52.1 Å². The fourth-order valence-corrected chi connectivity index (χ4v) is 4.14. The maximum atomic E-state index is 12.5. The van der Waals surface area contributed by atoms with Crippen molar-refractivity contribution in [2.75, 3.05) is 26.2 Å². The average molecular weight is 279 g/mol. The summed E-state index contributed by atoms with van der Waals surface area (Å²) in [5.74, 6) is 0.386. The largest absolute Gasteiger partial charge is 0.337 e. The Morgan fingerprint density at radius 1 is 1.20 bits per heavy atom. The van der Waals surface area contributed by atoms with E-state index in [0.717, 1.165) is 32.5 Å². The number of piperidine rings is 1. The first-order chi connectivity index (χ1) is 9.74. The molecule has 1 amide bonds. The lowest BCUT2D eigenvalue weighted by Gasteiger charge is -2.47. The third-order valence-electron chi connectivity index (χ3n) is 5.38. The average Bonchev–Trinajstić information content (AvgIpc) is 2.97. The molecular formula is C16H29N3O. The second-order valence-electron chi connectivity index (χ2n) is 6.87. The van der Waals surface area contributed by atoms with Gasteiger partial charge in [0.1, 0.15) is 0 Å². The van der Waals surface area contributed by atoms with Gasteiger partial charge < -0.3 is 10.2 Å². The Morgan fingerprint density at radius 2 is 2.10 bits per heavy atom.